The van der Waals surface area contributed by atoms with Gasteiger partial charge in [0.1, 0.15) is 0 Å². The van der Waals surface area contributed by atoms with E-state index < -0.39 is 0 Å². The maximum absolute atomic E-state index is 9.21. The molecule has 2 heteroatoms. The number of ether oxygens (including phenoxy) is 1. The van der Waals surface area contributed by atoms with Gasteiger partial charge in [0.15, 0.2) is 0 Å². The molecule has 1 aliphatic rings. The second-order valence-electron chi connectivity index (χ2n) is 3.32. The molecule has 0 aromatic rings. The minimum Gasteiger partial charge on any atom is -0.393 e. The van der Waals surface area contributed by atoms with Gasteiger partial charge in [0, 0.05) is 5.41 Å². The summed E-state index contributed by atoms with van der Waals surface area (Å²) in [6, 6.07) is 0. The quantitative estimate of drug-likeness (QED) is 0.625. The van der Waals surface area contributed by atoms with Gasteiger partial charge in [-0.25, -0.2) is 0 Å². The van der Waals surface area contributed by atoms with Gasteiger partial charge >= 0.3 is 0 Å². The zero-order valence-electron chi connectivity index (χ0n) is 8.22. The number of aliphatic hydroxyl groups is 1. The number of hydrogen-bond donors (Lipinski definition) is 1. The maximum atomic E-state index is 9.21. The molecular formula is C9H20O2. The van der Waals surface area contributed by atoms with Crippen LogP contribution in [0.1, 0.15) is 34.6 Å². The summed E-state index contributed by atoms with van der Waals surface area (Å²) in [6.45, 7) is 10.7. The van der Waals surface area contributed by atoms with Crippen LogP contribution in [0.25, 0.3) is 0 Å². The second kappa shape index (κ2) is 4.07. The highest BCUT2D eigenvalue weighted by molar-refractivity contribution is 4.90. The Labute approximate surface area is 69.6 Å². The molecule has 1 aliphatic heterocycles. The van der Waals surface area contributed by atoms with Crippen molar-refractivity contribution in [3.05, 3.63) is 0 Å². The first kappa shape index (κ1) is 10.9. The van der Waals surface area contributed by atoms with E-state index in [9.17, 15) is 5.11 Å². The fourth-order valence-electron chi connectivity index (χ4n) is 0.747. The van der Waals surface area contributed by atoms with E-state index in [-0.39, 0.29) is 17.6 Å². The van der Waals surface area contributed by atoms with Gasteiger partial charge in [0.2, 0.25) is 0 Å². The first-order valence-corrected chi connectivity index (χ1v) is 4.35. The van der Waals surface area contributed by atoms with Crippen LogP contribution in [-0.2, 0) is 4.74 Å². The van der Waals surface area contributed by atoms with Gasteiger partial charge in [0.25, 0.3) is 0 Å². The summed E-state index contributed by atoms with van der Waals surface area (Å²) in [7, 11) is 0. The van der Waals surface area contributed by atoms with Crippen LogP contribution in [0.5, 0.6) is 0 Å². The Hall–Kier alpha value is -0.0800. The van der Waals surface area contributed by atoms with E-state index in [1.807, 2.05) is 34.6 Å². The van der Waals surface area contributed by atoms with Gasteiger partial charge in [-0.3, -0.25) is 0 Å². The summed E-state index contributed by atoms with van der Waals surface area (Å²) in [5.74, 6) is 0. The van der Waals surface area contributed by atoms with E-state index in [0.29, 0.717) is 0 Å². The lowest BCUT2D eigenvalue weighted by molar-refractivity contribution is 0.0438. The molecule has 1 heterocycles. The highest BCUT2D eigenvalue weighted by Gasteiger charge is 2.42. The summed E-state index contributed by atoms with van der Waals surface area (Å²) >= 11 is 0. The van der Waals surface area contributed by atoms with E-state index in [4.69, 9.17) is 4.74 Å². The molecule has 68 valence electrons. The van der Waals surface area contributed by atoms with Crippen LogP contribution in [0.3, 0.4) is 0 Å². The highest BCUT2D eigenvalue weighted by atomic mass is 16.6. The molecule has 1 rings (SSSR count). The van der Waals surface area contributed by atoms with Crippen molar-refractivity contribution in [3.63, 3.8) is 0 Å². The fraction of sp³-hybridized carbons (Fsp3) is 1.00. The standard InChI is InChI=1S/C7H14O2.C2H6/c1-5(8)7(2,3)6-4-9-6;1-2/h5-6,8H,4H2,1-3H3;1-2H3. The predicted molar refractivity (Wildman–Crippen MR) is 46.5 cm³/mol. The van der Waals surface area contributed by atoms with Crippen molar-refractivity contribution in [1.82, 2.24) is 0 Å². The average molecular weight is 160 g/mol. The molecular weight excluding hydrogens is 140 g/mol. The van der Waals surface area contributed by atoms with E-state index in [2.05, 4.69) is 0 Å². The molecule has 0 amide bonds. The van der Waals surface area contributed by atoms with Crippen LogP contribution in [0.2, 0.25) is 0 Å². The molecule has 0 bridgehead atoms. The minimum atomic E-state index is -0.273. The summed E-state index contributed by atoms with van der Waals surface area (Å²) in [5, 5.41) is 9.21. The summed E-state index contributed by atoms with van der Waals surface area (Å²) in [4.78, 5) is 0. The predicted octanol–water partition coefficient (Wildman–Crippen LogP) is 1.82. The average Bonchev–Trinajstić information content (AvgIpc) is 2.72. The van der Waals surface area contributed by atoms with Crippen molar-refractivity contribution >= 4 is 0 Å². The van der Waals surface area contributed by atoms with Crippen LogP contribution < -0.4 is 0 Å². The second-order valence-corrected chi connectivity index (χ2v) is 3.32. The molecule has 11 heavy (non-hydrogen) atoms. The molecule has 2 nitrogen and oxygen atoms in total. The Morgan fingerprint density at radius 1 is 1.45 bits per heavy atom. The van der Waals surface area contributed by atoms with Gasteiger partial charge in [-0.2, -0.15) is 0 Å². The van der Waals surface area contributed by atoms with Crippen molar-refractivity contribution in [2.75, 3.05) is 6.61 Å². The van der Waals surface area contributed by atoms with E-state index in [1.54, 1.807) is 0 Å². The van der Waals surface area contributed by atoms with Gasteiger partial charge in [0.05, 0.1) is 18.8 Å². The number of epoxide rings is 1. The minimum absolute atomic E-state index is 0.0556. The molecule has 0 spiro atoms. The Morgan fingerprint density at radius 2 is 1.82 bits per heavy atom. The Bertz CT molecular complexity index is 100. The molecule has 2 unspecified atom stereocenters. The van der Waals surface area contributed by atoms with Crippen molar-refractivity contribution in [2.45, 2.75) is 46.8 Å². The maximum Gasteiger partial charge on any atom is 0.0885 e. The zero-order valence-corrected chi connectivity index (χ0v) is 8.22. The lowest BCUT2D eigenvalue weighted by atomic mass is 9.84. The molecule has 0 aromatic carbocycles. The third kappa shape index (κ3) is 2.80. The van der Waals surface area contributed by atoms with Gasteiger partial charge in [-0.15, -0.1) is 0 Å². The molecule has 0 aromatic heterocycles. The largest absolute Gasteiger partial charge is 0.393 e. The molecule has 1 saturated heterocycles. The van der Waals surface area contributed by atoms with Crippen LogP contribution in [0.4, 0.5) is 0 Å². The van der Waals surface area contributed by atoms with Crippen LogP contribution in [0, 0.1) is 5.41 Å². The smallest absolute Gasteiger partial charge is 0.0885 e. The van der Waals surface area contributed by atoms with E-state index in [0.717, 1.165) is 6.61 Å². The summed E-state index contributed by atoms with van der Waals surface area (Å²) in [5.41, 5.74) is -0.0556. The normalized spacial score (nSPS) is 25.1. The van der Waals surface area contributed by atoms with Gasteiger partial charge in [-0.1, -0.05) is 27.7 Å². The lowest BCUT2D eigenvalue weighted by Crippen LogP contribution is -2.31. The number of aliphatic hydroxyl groups excluding tert-OH is 1. The van der Waals surface area contributed by atoms with Crippen LogP contribution in [0.15, 0.2) is 0 Å². The number of rotatable bonds is 2. The zero-order chi connectivity index (χ0) is 9.07. The highest BCUT2D eigenvalue weighted by Crippen LogP contribution is 2.34. The van der Waals surface area contributed by atoms with Crippen molar-refractivity contribution in [3.8, 4) is 0 Å². The third-order valence-corrected chi connectivity index (χ3v) is 2.24. The molecule has 0 saturated carbocycles. The number of hydrogen-bond acceptors (Lipinski definition) is 2. The van der Waals surface area contributed by atoms with Gasteiger partial charge < -0.3 is 9.84 Å². The van der Waals surface area contributed by atoms with Crippen molar-refractivity contribution in [2.24, 2.45) is 5.41 Å². The lowest BCUT2D eigenvalue weighted by Gasteiger charge is -2.25. The topological polar surface area (TPSA) is 32.8 Å². The Kier molecular flexibility index (Phi) is 4.04. The van der Waals surface area contributed by atoms with Crippen molar-refractivity contribution < 1.29 is 9.84 Å². The van der Waals surface area contributed by atoms with E-state index >= 15 is 0 Å². The van der Waals surface area contributed by atoms with Crippen LogP contribution in [-0.4, -0.2) is 23.9 Å². The SMILES string of the molecule is CC.CC(O)C(C)(C)C1CO1. The van der Waals surface area contributed by atoms with E-state index in [1.165, 1.54) is 0 Å². The van der Waals surface area contributed by atoms with Crippen LogP contribution >= 0.6 is 0 Å². The Balaban J connectivity index is 0.000000461. The fourth-order valence-corrected chi connectivity index (χ4v) is 0.747. The molecule has 0 radical (unpaired) electrons. The summed E-state index contributed by atoms with van der Waals surface area (Å²) in [6.07, 6.45) is 0.0162. The first-order valence-electron chi connectivity index (χ1n) is 4.35. The third-order valence-electron chi connectivity index (χ3n) is 2.24. The van der Waals surface area contributed by atoms with Crippen molar-refractivity contribution in [1.29, 1.82) is 0 Å². The molecule has 2 atom stereocenters. The van der Waals surface area contributed by atoms with Gasteiger partial charge in [-0.05, 0) is 6.92 Å². The molecule has 0 aliphatic carbocycles. The first-order chi connectivity index (χ1) is 5.05. The Morgan fingerprint density at radius 3 is 1.91 bits per heavy atom. The molecule has 1 fully saturated rings. The summed E-state index contributed by atoms with van der Waals surface area (Å²) < 4.78 is 5.07. The molecule has 1 N–H and O–H groups in total. The monoisotopic (exact) mass is 160 g/mol.